The van der Waals surface area contributed by atoms with Crippen molar-refractivity contribution in [3.63, 3.8) is 0 Å². The first-order valence-electron chi connectivity index (χ1n) is 8.29. The number of allylic oxidation sites excluding steroid dienone is 1. The fourth-order valence-corrected chi connectivity index (χ4v) is 3.80. The minimum atomic E-state index is -2.94. The van der Waals surface area contributed by atoms with Crippen molar-refractivity contribution in [1.29, 1.82) is 0 Å². The fraction of sp³-hybridized carbons (Fsp3) is 0.300. The zero-order valence-electron chi connectivity index (χ0n) is 14.1. The number of ether oxygens (including phenoxy) is 2. The van der Waals surface area contributed by atoms with Gasteiger partial charge in [0, 0.05) is 30.6 Å². The van der Waals surface area contributed by atoms with Crippen LogP contribution in [-0.4, -0.2) is 23.2 Å². The summed E-state index contributed by atoms with van der Waals surface area (Å²) < 4.78 is 39.7. The van der Waals surface area contributed by atoms with Crippen LogP contribution in [0.15, 0.2) is 48.0 Å². The van der Waals surface area contributed by atoms with Gasteiger partial charge in [0.1, 0.15) is 23.4 Å². The third-order valence-electron chi connectivity index (χ3n) is 4.85. The molecule has 4 rings (SSSR count). The van der Waals surface area contributed by atoms with Gasteiger partial charge < -0.3 is 19.7 Å². The molecule has 136 valence electrons. The Morgan fingerprint density at radius 1 is 1.15 bits per heavy atom. The van der Waals surface area contributed by atoms with Crippen molar-refractivity contribution in [3.05, 3.63) is 64.7 Å². The van der Waals surface area contributed by atoms with Crippen molar-refractivity contribution in [2.75, 3.05) is 7.11 Å². The molecule has 2 aromatic carbocycles. The number of phenols is 2. The third kappa shape index (κ3) is 2.80. The predicted molar refractivity (Wildman–Crippen MR) is 90.7 cm³/mol. The van der Waals surface area contributed by atoms with Crippen LogP contribution in [0.5, 0.6) is 17.2 Å². The zero-order chi connectivity index (χ0) is 18.5. The molecular weight excluding hydrogens is 342 g/mol. The molecule has 2 atom stereocenters. The molecule has 26 heavy (non-hydrogen) atoms. The minimum absolute atomic E-state index is 0.00273. The zero-order valence-corrected chi connectivity index (χ0v) is 14.1. The molecule has 0 spiro atoms. The van der Waals surface area contributed by atoms with Crippen molar-refractivity contribution in [3.8, 4) is 17.2 Å². The largest absolute Gasteiger partial charge is 0.508 e. The van der Waals surface area contributed by atoms with Gasteiger partial charge in [-0.3, -0.25) is 0 Å². The molecule has 1 heterocycles. The van der Waals surface area contributed by atoms with Crippen LogP contribution in [0.4, 0.5) is 8.78 Å². The molecule has 2 aliphatic rings. The molecule has 0 saturated heterocycles. The topological polar surface area (TPSA) is 58.9 Å². The van der Waals surface area contributed by atoms with Crippen LogP contribution in [0.2, 0.25) is 0 Å². The second-order valence-corrected chi connectivity index (χ2v) is 6.71. The number of rotatable bonds is 3. The van der Waals surface area contributed by atoms with Crippen molar-refractivity contribution in [2.45, 2.75) is 31.0 Å². The van der Waals surface area contributed by atoms with Crippen LogP contribution in [0, 0.1) is 0 Å². The number of aromatic hydroxyl groups is 2. The lowest BCUT2D eigenvalue weighted by Crippen LogP contribution is -2.22. The third-order valence-corrected chi connectivity index (χ3v) is 4.85. The summed E-state index contributed by atoms with van der Waals surface area (Å²) >= 11 is 0. The van der Waals surface area contributed by atoms with Gasteiger partial charge in [0.2, 0.25) is 0 Å². The first kappa shape index (κ1) is 16.8. The van der Waals surface area contributed by atoms with E-state index < -0.39 is 17.9 Å². The molecule has 1 aliphatic carbocycles. The summed E-state index contributed by atoms with van der Waals surface area (Å²) in [5, 5.41) is 19.5. The van der Waals surface area contributed by atoms with E-state index in [-0.39, 0.29) is 24.5 Å². The number of hydrogen-bond acceptors (Lipinski definition) is 4. The van der Waals surface area contributed by atoms with Crippen LogP contribution in [0.25, 0.3) is 0 Å². The van der Waals surface area contributed by atoms with Crippen molar-refractivity contribution >= 4 is 0 Å². The Kier molecular flexibility index (Phi) is 3.88. The summed E-state index contributed by atoms with van der Waals surface area (Å²) in [6.45, 7) is 0.196. The van der Waals surface area contributed by atoms with Crippen LogP contribution >= 0.6 is 0 Å². The van der Waals surface area contributed by atoms with E-state index in [4.69, 9.17) is 9.47 Å². The van der Waals surface area contributed by atoms with E-state index in [1.165, 1.54) is 31.4 Å². The Balaban J connectivity index is 1.87. The smallest absolute Gasteiger partial charge is 0.267 e. The van der Waals surface area contributed by atoms with Crippen molar-refractivity contribution in [1.82, 2.24) is 0 Å². The highest BCUT2D eigenvalue weighted by Gasteiger charge is 2.47. The van der Waals surface area contributed by atoms with Crippen molar-refractivity contribution < 1.29 is 28.5 Å². The summed E-state index contributed by atoms with van der Waals surface area (Å²) in [6.07, 6.45) is -0.0666. The Morgan fingerprint density at radius 2 is 1.88 bits per heavy atom. The van der Waals surface area contributed by atoms with E-state index in [0.717, 1.165) is 6.08 Å². The molecule has 0 saturated carbocycles. The molecule has 0 bridgehead atoms. The van der Waals surface area contributed by atoms with E-state index >= 15 is 0 Å². The van der Waals surface area contributed by atoms with Crippen LogP contribution < -0.4 is 4.74 Å². The maximum atomic E-state index is 14.2. The second kappa shape index (κ2) is 5.99. The molecular formula is C20H18F2O4. The molecule has 0 fully saturated rings. The molecule has 1 aliphatic heterocycles. The first-order chi connectivity index (χ1) is 12.4. The van der Waals surface area contributed by atoms with Gasteiger partial charge in [0.15, 0.2) is 0 Å². The first-order valence-corrected chi connectivity index (χ1v) is 8.29. The molecule has 6 heteroatoms. The molecule has 0 aromatic heterocycles. The lowest BCUT2D eigenvalue weighted by atomic mass is 9.83. The quantitative estimate of drug-likeness (QED) is 0.795. The molecule has 2 N–H and O–H groups in total. The highest BCUT2D eigenvalue weighted by Crippen LogP contribution is 2.56. The average Bonchev–Trinajstić information content (AvgIpc) is 2.91. The Morgan fingerprint density at radius 3 is 2.58 bits per heavy atom. The lowest BCUT2D eigenvalue weighted by Gasteiger charge is -2.34. The summed E-state index contributed by atoms with van der Waals surface area (Å²) in [7, 11) is 1.52. The number of fused-ring (bicyclic) bond motifs is 3. The average molecular weight is 360 g/mol. The Labute approximate surface area is 149 Å². The van der Waals surface area contributed by atoms with Gasteiger partial charge in [-0.25, -0.2) is 8.78 Å². The number of hydrogen-bond donors (Lipinski definition) is 2. The van der Waals surface area contributed by atoms with Gasteiger partial charge in [0.25, 0.3) is 5.92 Å². The molecule has 2 aromatic rings. The normalized spacial score (nSPS) is 23.0. The van der Waals surface area contributed by atoms with Crippen LogP contribution in [0.1, 0.15) is 35.1 Å². The monoisotopic (exact) mass is 360 g/mol. The summed E-state index contributed by atoms with van der Waals surface area (Å²) in [5.74, 6) is -2.92. The Bertz CT molecular complexity index is 874. The molecule has 4 nitrogen and oxygen atoms in total. The predicted octanol–water partition coefficient (Wildman–Crippen LogP) is 4.43. The Hall–Kier alpha value is -2.60. The highest BCUT2D eigenvalue weighted by molar-refractivity contribution is 5.56. The van der Waals surface area contributed by atoms with E-state index in [1.54, 1.807) is 12.1 Å². The highest BCUT2D eigenvalue weighted by atomic mass is 19.3. The maximum absolute atomic E-state index is 14.2. The summed E-state index contributed by atoms with van der Waals surface area (Å²) in [5.41, 5.74) is 2.32. The van der Waals surface area contributed by atoms with Crippen molar-refractivity contribution in [2.24, 2.45) is 0 Å². The molecule has 0 unspecified atom stereocenters. The molecule has 0 radical (unpaired) electrons. The maximum Gasteiger partial charge on any atom is 0.267 e. The number of phenolic OH excluding ortho intramolecular Hbond substituents is 2. The number of alkyl halides is 2. The second-order valence-electron chi connectivity index (χ2n) is 6.71. The van der Waals surface area contributed by atoms with E-state index in [1.807, 2.05) is 0 Å². The number of benzene rings is 2. The fourth-order valence-electron chi connectivity index (χ4n) is 3.80. The summed E-state index contributed by atoms with van der Waals surface area (Å²) in [4.78, 5) is 0. The van der Waals surface area contributed by atoms with E-state index in [9.17, 15) is 19.0 Å². The van der Waals surface area contributed by atoms with Crippen LogP contribution in [0.3, 0.4) is 0 Å². The lowest BCUT2D eigenvalue weighted by molar-refractivity contribution is 0.0513. The number of halogens is 2. The van der Waals surface area contributed by atoms with Gasteiger partial charge in [0.05, 0.1) is 6.61 Å². The SMILES string of the molecule is COCc1cc(O)cc2c1O[C@H](c1ccc(O)cc1)C1=CC(F)(F)C[C@@H]12. The molecule has 0 amide bonds. The van der Waals surface area contributed by atoms with Gasteiger partial charge in [-0.15, -0.1) is 0 Å². The van der Waals surface area contributed by atoms with Gasteiger partial charge in [-0.1, -0.05) is 12.1 Å². The van der Waals surface area contributed by atoms with E-state index in [0.29, 0.717) is 28.0 Å². The number of methoxy groups -OCH3 is 1. The standard InChI is InChI=1S/C20H18F2O4/c1-25-10-12-6-14(24)7-15-16-8-20(21,22)9-17(16)18(26-19(12)15)11-2-4-13(23)5-3-11/h2-7,9,16,18,23-24H,8,10H2,1H3/t16-,18-/m1/s1. The van der Waals surface area contributed by atoms with Gasteiger partial charge in [-0.05, 0) is 41.5 Å². The van der Waals surface area contributed by atoms with Gasteiger partial charge >= 0.3 is 0 Å². The van der Waals surface area contributed by atoms with Gasteiger partial charge in [-0.2, -0.15) is 0 Å². The summed E-state index contributed by atoms with van der Waals surface area (Å²) in [6, 6.07) is 9.35. The van der Waals surface area contributed by atoms with Crippen LogP contribution in [-0.2, 0) is 11.3 Å². The van der Waals surface area contributed by atoms with E-state index in [2.05, 4.69) is 0 Å². The minimum Gasteiger partial charge on any atom is -0.508 e.